The van der Waals surface area contributed by atoms with Crippen LogP contribution in [-0.4, -0.2) is 22.8 Å². The Kier molecular flexibility index (Phi) is 5.70. The van der Waals surface area contributed by atoms with Gasteiger partial charge in [-0.3, -0.25) is 4.79 Å². The number of nitrogens with one attached hydrogen (secondary N) is 1. The number of halogens is 6. The Balaban J connectivity index is 2.38. The molecule has 0 aromatic heterocycles. The molecule has 1 unspecified atom stereocenters. The second-order valence-electron chi connectivity index (χ2n) is 5.84. The van der Waals surface area contributed by atoms with Gasteiger partial charge in [-0.05, 0) is 23.8 Å². The molecule has 10 heteroatoms. The average molecular weight is 402 g/mol. The number of nitriles is 1. The van der Waals surface area contributed by atoms with Gasteiger partial charge < -0.3 is 10.4 Å². The Hall–Kier alpha value is -3.06. The van der Waals surface area contributed by atoms with Crippen molar-refractivity contribution < 1.29 is 36.2 Å². The van der Waals surface area contributed by atoms with E-state index in [2.05, 4.69) is 0 Å². The van der Waals surface area contributed by atoms with Gasteiger partial charge in [-0.25, -0.2) is 0 Å². The fourth-order valence-electron chi connectivity index (χ4n) is 2.39. The van der Waals surface area contributed by atoms with Gasteiger partial charge in [0.05, 0.1) is 17.2 Å². The molecule has 0 fully saturated rings. The molecule has 2 aromatic carbocycles. The minimum absolute atomic E-state index is 0.00622. The van der Waals surface area contributed by atoms with E-state index in [9.17, 15) is 36.2 Å². The van der Waals surface area contributed by atoms with Crippen molar-refractivity contribution in [3.63, 3.8) is 0 Å². The summed E-state index contributed by atoms with van der Waals surface area (Å²) in [6, 6.07) is 10.0. The van der Waals surface area contributed by atoms with Gasteiger partial charge in [-0.1, -0.05) is 30.3 Å². The van der Waals surface area contributed by atoms with E-state index in [1.54, 1.807) is 5.32 Å². The van der Waals surface area contributed by atoms with E-state index in [-0.39, 0.29) is 5.56 Å². The highest BCUT2D eigenvalue weighted by atomic mass is 19.4. The number of anilines is 1. The third-order valence-corrected chi connectivity index (χ3v) is 3.85. The third kappa shape index (κ3) is 4.43. The molecule has 0 radical (unpaired) electrons. The Bertz CT molecular complexity index is 903. The Morgan fingerprint density at radius 1 is 1.04 bits per heavy atom. The molecule has 0 saturated carbocycles. The van der Waals surface area contributed by atoms with Crippen molar-refractivity contribution in [3.8, 4) is 6.07 Å². The maximum atomic E-state index is 13.4. The van der Waals surface area contributed by atoms with E-state index < -0.39 is 47.1 Å². The summed E-state index contributed by atoms with van der Waals surface area (Å²) >= 11 is 0. The standard InChI is InChI=1S/C18H12F6N2O2/c19-17(20,21)14-8-13(7-6-12(14)10-25)26-15(27)16(28,18(22,23)24)9-11-4-2-1-3-5-11/h1-8,28H,9H2,(H,26,27). The number of carbonyl (C=O) groups is 1. The third-order valence-electron chi connectivity index (χ3n) is 3.85. The van der Waals surface area contributed by atoms with E-state index >= 15 is 0 Å². The first-order valence-electron chi connectivity index (χ1n) is 7.64. The summed E-state index contributed by atoms with van der Waals surface area (Å²) in [7, 11) is 0. The van der Waals surface area contributed by atoms with E-state index in [4.69, 9.17) is 5.26 Å². The molecular formula is C18H12F6N2O2. The van der Waals surface area contributed by atoms with Crippen LogP contribution in [0.25, 0.3) is 0 Å². The summed E-state index contributed by atoms with van der Waals surface area (Å²) < 4.78 is 79.1. The summed E-state index contributed by atoms with van der Waals surface area (Å²) in [6.45, 7) is 0. The second-order valence-corrected chi connectivity index (χ2v) is 5.84. The quantitative estimate of drug-likeness (QED) is 0.758. The van der Waals surface area contributed by atoms with Gasteiger partial charge in [0.1, 0.15) is 0 Å². The highest BCUT2D eigenvalue weighted by Crippen LogP contribution is 2.36. The number of carbonyl (C=O) groups excluding carboxylic acids is 1. The number of alkyl halides is 6. The number of nitrogens with zero attached hydrogens (tertiary/aromatic N) is 1. The van der Waals surface area contributed by atoms with E-state index in [0.717, 1.165) is 6.07 Å². The van der Waals surface area contributed by atoms with Gasteiger partial charge in [-0.15, -0.1) is 0 Å². The summed E-state index contributed by atoms with van der Waals surface area (Å²) in [6.07, 6.45) is -11.5. The van der Waals surface area contributed by atoms with E-state index in [1.807, 2.05) is 0 Å². The number of benzene rings is 2. The maximum absolute atomic E-state index is 13.4. The maximum Gasteiger partial charge on any atom is 0.426 e. The lowest BCUT2D eigenvalue weighted by atomic mass is 9.92. The zero-order chi connectivity index (χ0) is 21.2. The molecule has 0 heterocycles. The molecule has 0 aliphatic heterocycles. The van der Waals surface area contributed by atoms with Gasteiger partial charge in [-0.2, -0.15) is 31.6 Å². The highest BCUT2D eigenvalue weighted by molar-refractivity contribution is 5.98. The first-order chi connectivity index (χ1) is 12.9. The summed E-state index contributed by atoms with van der Waals surface area (Å²) in [5, 5.41) is 20.4. The molecule has 4 nitrogen and oxygen atoms in total. The topological polar surface area (TPSA) is 73.1 Å². The second kappa shape index (κ2) is 7.52. The van der Waals surface area contributed by atoms with Crippen molar-refractivity contribution in [3.05, 3.63) is 65.2 Å². The molecule has 0 bridgehead atoms. The minimum Gasteiger partial charge on any atom is -0.372 e. The Morgan fingerprint density at radius 3 is 2.14 bits per heavy atom. The van der Waals surface area contributed by atoms with Crippen LogP contribution in [0.1, 0.15) is 16.7 Å². The molecule has 0 saturated heterocycles. The van der Waals surface area contributed by atoms with Gasteiger partial charge in [0.15, 0.2) is 0 Å². The lowest BCUT2D eigenvalue weighted by Crippen LogP contribution is -2.56. The zero-order valence-corrected chi connectivity index (χ0v) is 13.9. The molecule has 0 aliphatic rings. The molecule has 2 rings (SSSR count). The molecule has 1 atom stereocenters. The minimum atomic E-state index is -5.40. The van der Waals surface area contributed by atoms with Crippen molar-refractivity contribution in [2.24, 2.45) is 0 Å². The molecule has 28 heavy (non-hydrogen) atoms. The van der Waals surface area contributed by atoms with Gasteiger partial charge in [0, 0.05) is 12.1 Å². The fourth-order valence-corrected chi connectivity index (χ4v) is 2.39. The van der Waals surface area contributed by atoms with Gasteiger partial charge in [0.25, 0.3) is 5.91 Å². The van der Waals surface area contributed by atoms with Crippen molar-refractivity contribution in [2.45, 2.75) is 24.4 Å². The van der Waals surface area contributed by atoms with Gasteiger partial charge in [0.2, 0.25) is 5.60 Å². The van der Waals surface area contributed by atoms with Crippen LogP contribution >= 0.6 is 0 Å². The number of hydrogen-bond acceptors (Lipinski definition) is 3. The number of aliphatic hydroxyl groups is 1. The summed E-state index contributed by atoms with van der Waals surface area (Å²) in [5.74, 6) is -1.94. The first-order valence-corrected chi connectivity index (χ1v) is 7.64. The Morgan fingerprint density at radius 2 is 1.64 bits per heavy atom. The molecule has 2 N–H and O–H groups in total. The molecular weight excluding hydrogens is 390 g/mol. The van der Waals surface area contributed by atoms with Crippen LogP contribution in [0.3, 0.4) is 0 Å². The largest absolute Gasteiger partial charge is 0.426 e. The predicted molar refractivity (Wildman–Crippen MR) is 85.9 cm³/mol. The van der Waals surface area contributed by atoms with Crippen molar-refractivity contribution >= 4 is 11.6 Å². The molecule has 148 valence electrons. The molecule has 2 aromatic rings. The van der Waals surface area contributed by atoms with Crippen LogP contribution in [-0.2, 0) is 17.4 Å². The average Bonchev–Trinajstić information content (AvgIpc) is 2.60. The number of amides is 1. The normalized spacial score (nSPS) is 14.1. The fraction of sp³-hybridized carbons (Fsp3) is 0.222. The van der Waals surface area contributed by atoms with E-state index in [1.165, 1.54) is 36.4 Å². The van der Waals surface area contributed by atoms with Crippen LogP contribution < -0.4 is 5.32 Å². The smallest absolute Gasteiger partial charge is 0.372 e. The lowest BCUT2D eigenvalue weighted by Gasteiger charge is -2.29. The van der Waals surface area contributed by atoms with Crippen LogP contribution in [0.2, 0.25) is 0 Å². The first kappa shape index (κ1) is 21.2. The van der Waals surface area contributed by atoms with E-state index in [0.29, 0.717) is 12.1 Å². The number of rotatable bonds is 4. The zero-order valence-electron chi connectivity index (χ0n) is 13.9. The van der Waals surface area contributed by atoms with Gasteiger partial charge >= 0.3 is 12.4 Å². The summed E-state index contributed by atoms with van der Waals surface area (Å²) in [4.78, 5) is 12.2. The van der Waals surface area contributed by atoms with Crippen LogP contribution in [0.5, 0.6) is 0 Å². The van der Waals surface area contributed by atoms with Crippen molar-refractivity contribution in [2.75, 3.05) is 5.32 Å². The van der Waals surface area contributed by atoms with Crippen LogP contribution in [0, 0.1) is 11.3 Å². The Labute approximate surface area is 155 Å². The monoisotopic (exact) mass is 402 g/mol. The SMILES string of the molecule is N#Cc1ccc(NC(=O)C(O)(Cc2ccccc2)C(F)(F)F)cc1C(F)(F)F. The number of hydrogen-bond donors (Lipinski definition) is 2. The van der Waals surface area contributed by atoms with Crippen LogP contribution in [0.4, 0.5) is 32.0 Å². The van der Waals surface area contributed by atoms with Crippen molar-refractivity contribution in [1.29, 1.82) is 5.26 Å². The molecule has 0 aliphatic carbocycles. The predicted octanol–water partition coefficient (Wildman–Crippen LogP) is 4.05. The molecule has 1 amide bonds. The summed E-state index contributed by atoms with van der Waals surface area (Å²) in [5.41, 5.74) is -6.71. The van der Waals surface area contributed by atoms with Crippen molar-refractivity contribution in [1.82, 2.24) is 0 Å². The lowest BCUT2D eigenvalue weighted by molar-refractivity contribution is -0.248. The highest BCUT2D eigenvalue weighted by Gasteiger charge is 2.59. The van der Waals surface area contributed by atoms with Crippen LogP contribution in [0.15, 0.2) is 48.5 Å². The molecule has 0 spiro atoms.